The zero-order valence-corrected chi connectivity index (χ0v) is 21.3. The largest absolute Gasteiger partial charge is 0.494 e. The smallest absolute Gasteiger partial charge is 0.328 e. The van der Waals surface area contributed by atoms with Crippen molar-refractivity contribution in [2.75, 3.05) is 17.3 Å². The first-order valence-corrected chi connectivity index (χ1v) is 12.2. The van der Waals surface area contributed by atoms with Gasteiger partial charge in [-0.2, -0.15) is 0 Å². The Morgan fingerprint density at radius 2 is 1.67 bits per heavy atom. The Morgan fingerprint density at radius 3 is 2.36 bits per heavy atom. The zero-order chi connectivity index (χ0) is 25.7. The number of rotatable bonds is 7. The van der Waals surface area contributed by atoms with Crippen LogP contribution in [-0.4, -0.2) is 29.0 Å². The second-order valence-corrected chi connectivity index (χ2v) is 8.94. The van der Waals surface area contributed by atoms with Crippen LogP contribution in [0.3, 0.4) is 0 Å². The summed E-state index contributed by atoms with van der Waals surface area (Å²) in [6.45, 7) is 4.22. The molecule has 1 atom stereocenters. The minimum atomic E-state index is -0.895. The van der Waals surface area contributed by atoms with Gasteiger partial charge in [-0.15, -0.1) is 0 Å². The summed E-state index contributed by atoms with van der Waals surface area (Å²) < 4.78 is 7.57. The first-order valence-electron chi connectivity index (χ1n) is 11.4. The van der Waals surface area contributed by atoms with E-state index >= 15 is 0 Å². The number of ether oxygens (including phenoxy) is 1. The Hall–Kier alpha value is -4.11. The summed E-state index contributed by atoms with van der Waals surface area (Å²) in [7, 11) is 0. The van der Waals surface area contributed by atoms with E-state index in [9.17, 15) is 14.4 Å². The Balaban J connectivity index is 1.56. The number of nitrogens with zero attached hydrogens (tertiary/aromatic N) is 1. The van der Waals surface area contributed by atoms with Crippen LogP contribution in [0.1, 0.15) is 35.9 Å². The molecule has 0 saturated heterocycles. The van der Waals surface area contributed by atoms with Crippen molar-refractivity contribution in [3.8, 4) is 5.75 Å². The second-order valence-electron chi connectivity index (χ2n) is 8.03. The highest BCUT2D eigenvalue weighted by molar-refractivity contribution is 9.10. The summed E-state index contributed by atoms with van der Waals surface area (Å²) in [4.78, 5) is 38.7. The molecule has 0 aliphatic heterocycles. The van der Waals surface area contributed by atoms with Crippen LogP contribution in [-0.2, 0) is 9.59 Å². The molecular weight excluding hydrogens is 524 g/mol. The molecule has 0 saturated carbocycles. The van der Waals surface area contributed by atoms with Crippen LogP contribution in [0.2, 0.25) is 0 Å². The van der Waals surface area contributed by atoms with Gasteiger partial charge < -0.3 is 15.4 Å². The summed E-state index contributed by atoms with van der Waals surface area (Å²) >= 11 is 3.43. The molecule has 3 aromatic carbocycles. The highest BCUT2D eigenvalue weighted by Gasteiger charge is 2.22. The highest BCUT2D eigenvalue weighted by atomic mass is 79.9. The fourth-order valence-electron chi connectivity index (χ4n) is 3.71. The van der Waals surface area contributed by atoms with Crippen molar-refractivity contribution in [1.82, 2.24) is 9.99 Å². The zero-order valence-electron chi connectivity index (χ0n) is 19.7. The average molecular weight is 549 g/mol. The van der Waals surface area contributed by atoms with E-state index < -0.39 is 17.7 Å². The fraction of sp³-hybridized carbons (Fsp3) is 0.148. The van der Waals surface area contributed by atoms with Gasteiger partial charge in [0.15, 0.2) is 0 Å². The molecule has 1 aromatic heterocycles. The number of halogens is 1. The number of amides is 3. The van der Waals surface area contributed by atoms with Crippen LogP contribution >= 0.6 is 15.9 Å². The summed E-state index contributed by atoms with van der Waals surface area (Å²) in [6.07, 6.45) is 0. The van der Waals surface area contributed by atoms with Crippen LogP contribution in [0.4, 0.5) is 5.69 Å². The van der Waals surface area contributed by atoms with E-state index in [0.29, 0.717) is 28.9 Å². The third kappa shape index (κ3) is 5.75. The van der Waals surface area contributed by atoms with Gasteiger partial charge >= 0.3 is 11.8 Å². The molecule has 0 spiro atoms. The highest BCUT2D eigenvalue weighted by Crippen LogP contribution is 2.24. The van der Waals surface area contributed by atoms with Crippen molar-refractivity contribution in [3.05, 3.63) is 94.6 Å². The predicted octanol–water partition coefficient (Wildman–Crippen LogP) is 5.00. The van der Waals surface area contributed by atoms with E-state index in [2.05, 4.69) is 32.0 Å². The van der Waals surface area contributed by atoms with Crippen LogP contribution in [0.15, 0.2) is 83.3 Å². The first-order chi connectivity index (χ1) is 17.4. The third-order valence-electron chi connectivity index (χ3n) is 5.49. The molecule has 4 aromatic rings. The lowest BCUT2D eigenvalue weighted by Crippen LogP contribution is -2.40. The van der Waals surface area contributed by atoms with Gasteiger partial charge in [-0.1, -0.05) is 46.3 Å². The lowest BCUT2D eigenvalue weighted by atomic mass is 10.1. The molecule has 0 aliphatic carbocycles. The molecule has 3 amide bonds. The fourth-order valence-corrected chi connectivity index (χ4v) is 4.09. The minimum absolute atomic E-state index is 0.161. The molecule has 0 unspecified atom stereocenters. The van der Waals surface area contributed by atoms with Crippen LogP contribution in [0, 0.1) is 0 Å². The van der Waals surface area contributed by atoms with E-state index in [-0.39, 0.29) is 11.7 Å². The number of benzene rings is 3. The van der Waals surface area contributed by atoms with Crippen molar-refractivity contribution >= 4 is 50.2 Å². The van der Waals surface area contributed by atoms with Crippen molar-refractivity contribution < 1.29 is 19.1 Å². The number of carbonyl (C=O) groups excluding carboxylic acids is 3. The van der Waals surface area contributed by atoms with Gasteiger partial charge in [0.25, 0.3) is 5.91 Å². The maximum Gasteiger partial charge on any atom is 0.328 e. The molecule has 0 aliphatic rings. The monoisotopic (exact) mass is 548 g/mol. The number of fused-ring (bicyclic) bond motifs is 1. The van der Waals surface area contributed by atoms with Gasteiger partial charge in [0.2, 0.25) is 0 Å². The Morgan fingerprint density at radius 1 is 0.944 bits per heavy atom. The molecule has 9 heteroatoms. The summed E-state index contributed by atoms with van der Waals surface area (Å²) in [6, 6.07) is 22.9. The second kappa shape index (κ2) is 11.1. The number of hydrogen-bond donors (Lipinski definition) is 3. The van der Waals surface area contributed by atoms with Crippen molar-refractivity contribution in [3.63, 3.8) is 0 Å². The standard InChI is InChI=1S/C27H25BrN4O4/c1-3-36-22-12-10-21(11-13-22)30-25(33)24-16-19-15-20(28)9-14-23(19)32(24)31-27(35)26(34)29-17(2)18-7-5-4-6-8-18/h4-17H,3H2,1-2H3,(H,29,34)(H,30,33)(H,31,35)/t17-/m1/s1. The number of aromatic nitrogens is 1. The SMILES string of the molecule is CCOc1ccc(NC(=O)c2cc3cc(Br)ccc3n2NC(=O)C(=O)N[C@H](C)c2ccccc2)cc1. The number of anilines is 1. The van der Waals surface area contributed by atoms with Gasteiger partial charge in [0, 0.05) is 15.5 Å². The van der Waals surface area contributed by atoms with Crippen molar-refractivity contribution in [1.29, 1.82) is 0 Å². The summed E-state index contributed by atoms with van der Waals surface area (Å²) in [5.41, 5.74) is 4.72. The summed E-state index contributed by atoms with van der Waals surface area (Å²) in [5, 5.41) is 6.21. The molecule has 1 heterocycles. The Labute approximate surface area is 216 Å². The molecule has 36 heavy (non-hydrogen) atoms. The number of nitrogens with one attached hydrogen (secondary N) is 3. The lowest BCUT2D eigenvalue weighted by Gasteiger charge is -2.16. The van der Waals surface area contributed by atoms with E-state index in [1.165, 1.54) is 4.68 Å². The van der Waals surface area contributed by atoms with E-state index in [1.807, 2.05) is 43.3 Å². The van der Waals surface area contributed by atoms with Crippen molar-refractivity contribution in [2.24, 2.45) is 0 Å². The van der Waals surface area contributed by atoms with Crippen LogP contribution in [0.25, 0.3) is 10.9 Å². The molecule has 0 radical (unpaired) electrons. The molecular formula is C27H25BrN4O4. The van der Waals surface area contributed by atoms with Crippen LogP contribution in [0.5, 0.6) is 5.75 Å². The first kappa shape index (κ1) is 25.0. The number of carbonyl (C=O) groups is 3. The molecule has 0 bridgehead atoms. The maximum absolute atomic E-state index is 13.2. The molecule has 3 N–H and O–H groups in total. The van der Waals surface area contributed by atoms with Crippen molar-refractivity contribution in [2.45, 2.75) is 19.9 Å². The average Bonchev–Trinajstić information content (AvgIpc) is 3.23. The normalized spacial score (nSPS) is 11.5. The van der Waals surface area contributed by atoms with Gasteiger partial charge in [0.1, 0.15) is 11.4 Å². The summed E-state index contributed by atoms with van der Waals surface area (Å²) in [5.74, 6) is -1.47. The minimum Gasteiger partial charge on any atom is -0.494 e. The number of hydrogen-bond acceptors (Lipinski definition) is 4. The molecule has 184 valence electrons. The lowest BCUT2D eigenvalue weighted by molar-refractivity contribution is -0.137. The maximum atomic E-state index is 13.2. The van der Waals surface area contributed by atoms with E-state index in [4.69, 9.17) is 4.74 Å². The molecule has 8 nitrogen and oxygen atoms in total. The van der Waals surface area contributed by atoms with Crippen LogP contribution < -0.4 is 20.8 Å². The topological polar surface area (TPSA) is 101 Å². The quantitative estimate of drug-likeness (QED) is 0.283. The van der Waals surface area contributed by atoms with Gasteiger partial charge in [-0.3, -0.25) is 19.8 Å². The van der Waals surface area contributed by atoms with Gasteiger partial charge in [-0.05, 0) is 67.9 Å². The van der Waals surface area contributed by atoms with E-state index in [1.54, 1.807) is 49.4 Å². The Bertz CT molecular complexity index is 1400. The third-order valence-corrected chi connectivity index (χ3v) is 5.98. The molecule has 0 fully saturated rings. The van der Waals surface area contributed by atoms with E-state index in [0.717, 1.165) is 10.0 Å². The van der Waals surface area contributed by atoms with Gasteiger partial charge in [0.05, 0.1) is 18.2 Å². The predicted molar refractivity (Wildman–Crippen MR) is 143 cm³/mol. The van der Waals surface area contributed by atoms with Gasteiger partial charge in [-0.25, -0.2) is 4.68 Å². The Kier molecular flexibility index (Phi) is 7.70. The molecule has 4 rings (SSSR count).